The van der Waals surface area contributed by atoms with Crippen molar-refractivity contribution in [2.45, 2.75) is 52.1 Å². The predicted molar refractivity (Wildman–Crippen MR) is 104 cm³/mol. The van der Waals surface area contributed by atoms with Gasteiger partial charge in [0.2, 0.25) is 10.0 Å². The minimum atomic E-state index is -3.44. The van der Waals surface area contributed by atoms with E-state index in [1.165, 1.54) is 4.31 Å². The Morgan fingerprint density at radius 3 is 2.20 bits per heavy atom. The van der Waals surface area contributed by atoms with Crippen molar-refractivity contribution in [3.63, 3.8) is 0 Å². The molecule has 2 N–H and O–H groups in total. The van der Waals surface area contributed by atoms with Gasteiger partial charge >= 0.3 is 0 Å². The third kappa shape index (κ3) is 6.66. The lowest BCUT2D eigenvalue weighted by Gasteiger charge is -2.21. The number of rotatable bonds is 8. The van der Waals surface area contributed by atoms with E-state index in [0.717, 1.165) is 24.6 Å². The lowest BCUT2D eigenvalue weighted by Crippen LogP contribution is -2.39. The minimum absolute atomic E-state index is 0.0796. The predicted octanol–water partition coefficient (Wildman–Crippen LogP) is 2.43. The summed E-state index contributed by atoms with van der Waals surface area (Å²) in [5.74, 6) is 1.30. The van der Waals surface area contributed by atoms with Gasteiger partial charge in [-0.25, -0.2) is 13.4 Å². The molecule has 0 heterocycles. The molecule has 1 aromatic carbocycles. The highest BCUT2D eigenvalue weighted by atomic mass is 32.2. The van der Waals surface area contributed by atoms with Crippen molar-refractivity contribution in [1.29, 1.82) is 0 Å². The van der Waals surface area contributed by atoms with Crippen LogP contribution in [0.25, 0.3) is 0 Å². The Bertz CT molecular complexity index is 652. The Hall–Kier alpha value is -1.60. The number of nitrogens with zero attached hydrogens (tertiary/aromatic N) is 2. The molecule has 0 spiro atoms. The van der Waals surface area contributed by atoms with Gasteiger partial charge in [-0.2, -0.15) is 4.31 Å². The first-order chi connectivity index (χ1) is 11.7. The van der Waals surface area contributed by atoms with Crippen LogP contribution in [0.1, 0.15) is 40.2 Å². The summed E-state index contributed by atoms with van der Waals surface area (Å²) in [6, 6.07) is 6.85. The molecule has 0 saturated heterocycles. The first kappa shape index (κ1) is 21.4. The first-order valence-electron chi connectivity index (χ1n) is 8.77. The fourth-order valence-electron chi connectivity index (χ4n) is 2.02. The van der Waals surface area contributed by atoms with Gasteiger partial charge in [-0.3, -0.25) is 0 Å². The van der Waals surface area contributed by atoms with Crippen molar-refractivity contribution >= 4 is 16.0 Å². The van der Waals surface area contributed by atoms with Gasteiger partial charge in [0.25, 0.3) is 0 Å². The summed E-state index contributed by atoms with van der Waals surface area (Å²) >= 11 is 0. The molecule has 0 unspecified atom stereocenters. The van der Waals surface area contributed by atoms with Crippen molar-refractivity contribution < 1.29 is 8.42 Å². The highest BCUT2D eigenvalue weighted by molar-refractivity contribution is 7.89. The lowest BCUT2D eigenvalue weighted by atomic mass is 10.2. The Morgan fingerprint density at radius 2 is 1.72 bits per heavy atom. The zero-order chi connectivity index (χ0) is 19.0. The molecule has 0 bridgehead atoms. The van der Waals surface area contributed by atoms with Gasteiger partial charge in [0, 0.05) is 26.2 Å². The molecule has 0 fully saturated rings. The number of guanidine groups is 1. The van der Waals surface area contributed by atoms with Gasteiger partial charge in [-0.1, -0.05) is 26.0 Å². The Kier molecular flexibility index (Phi) is 8.38. The molecular formula is C18H32N4O2S. The van der Waals surface area contributed by atoms with E-state index in [2.05, 4.69) is 29.5 Å². The maximum atomic E-state index is 12.5. The normalized spacial score (nSPS) is 12.9. The maximum Gasteiger partial charge on any atom is 0.243 e. The van der Waals surface area contributed by atoms with E-state index in [-0.39, 0.29) is 6.04 Å². The molecular weight excluding hydrogens is 336 g/mol. The van der Waals surface area contributed by atoms with Gasteiger partial charge in [-0.05, 0) is 44.4 Å². The quantitative estimate of drug-likeness (QED) is 0.546. The largest absolute Gasteiger partial charge is 0.357 e. The lowest BCUT2D eigenvalue weighted by molar-refractivity contribution is 0.410. The smallest absolute Gasteiger partial charge is 0.243 e. The van der Waals surface area contributed by atoms with Gasteiger partial charge in [0.05, 0.1) is 11.4 Å². The van der Waals surface area contributed by atoms with Crippen LogP contribution in [0.15, 0.2) is 34.2 Å². The van der Waals surface area contributed by atoms with Crippen LogP contribution in [0.2, 0.25) is 0 Å². The molecule has 0 atom stereocenters. The molecule has 0 amide bonds. The summed E-state index contributed by atoms with van der Waals surface area (Å²) in [5.41, 5.74) is 0.966. The van der Waals surface area contributed by atoms with E-state index in [1.807, 2.05) is 32.9 Å². The molecule has 6 nitrogen and oxygen atoms in total. The second kappa shape index (κ2) is 9.77. The van der Waals surface area contributed by atoms with E-state index in [1.54, 1.807) is 19.2 Å². The van der Waals surface area contributed by atoms with E-state index in [0.29, 0.717) is 17.4 Å². The summed E-state index contributed by atoms with van der Waals surface area (Å²) in [6.07, 6.45) is 0. The Labute approximate surface area is 152 Å². The van der Waals surface area contributed by atoms with E-state index in [9.17, 15) is 8.42 Å². The SMILES string of the molecule is CCNC(=NCc1ccc(S(=O)(=O)N(C)C(C)C)cc1)NCC(C)C. The van der Waals surface area contributed by atoms with Crippen molar-refractivity contribution in [3.8, 4) is 0 Å². The van der Waals surface area contributed by atoms with Crippen LogP contribution >= 0.6 is 0 Å². The molecule has 1 rings (SSSR count). The zero-order valence-corrected chi connectivity index (χ0v) is 17.0. The Balaban J connectivity index is 2.83. The van der Waals surface area contributed by atoms with Gasteiger partial charge in [0.1, 0.15) is 0 Å². The van der Waals surface area contributed by atoms with Crippen molar-refractivity contribution in [2.75, 3.05) is 20.1 Å². The monoisotopic (exact) mass is 368 g/mol. The van der Waals surface area contributed by atoms with Gasteiger partial charge in [-0.15, -0.1) is 0 Å². The number of benzene rings is 1. The molecule has 142 valence electrons. The summed E-state index contributed by atoms with van der Waals surface area (Å²) in [4.78, 5) is 4.85. The Morgan fingerprint density at radius 1 is 1.12 bits per heavy atom. The fraction of sp³-hybridized carbons (Fsp3) is 0.611. The molecule has 0 radical (unpaired) electrons. The molecule has 1 aromatic rings. The molecule has 0 aliphatic carbocycles. The number of sulfonamides is 1. The molecule has 0 aromatic heterocycles. The molecule has 25 heavy (non-hydrogen) atoms. The fourth-order valence-corrected chi connectivity index (χ4v) is 3.39. The second-order valence-electron chi connectivity index (χ2n) is 6.73. The summed E-state index contributed by atoms with van der Waals surface area (Å²) < 4.78 is 26.3. The highest BCUT2D eigenvalue weighted by Gasteiger charge is 2.22. The molecule has 0 saturated carbocycles. The standard InChI is InChI=1S/C18H32N4O2S/c1-7-19-18(20-12-14(2)3)21-13-16-8-10-17(11-9-16)25(23,24)22(6)15(4)5/h8-11,14-15H,7,12-13H2,1-6H3,(H2,19,20,21). The van der Waals surface area contributed by atoms with Crippen molar-refractivity contribution in [1.82, 2.24) is 14.9 Å². The van der Waals surface area contributed by atoms with Crippen LogP contribution < -0.4 is 10.6 Å². The molecule has 7 heteroatoms. The van der Waals surface area contributed by atoms with Crippen LogP contribution in [0, 0.1) is 5.92 Å². The van der Waals surface area contributed by atoms with Crippen LogP contribution in [0.4, 0.5) is 0 Å². The topological polar surface area (TPSA) is 73.8 Å². The molecule has 0 aliphatic rings. The number of aliphatic imine (C=N–C) groups is 1. The third-order valence-corrected chi connectivity index (χ3v) is 5.82. The first-order valence-corrected chi connectivity index (χ1v) is 10.2. The average molecular weight is 369 g/mol. The van der Waals surface area contributed by atoms with Crippen LogP contribution in [-0.2, 0) is 16.6 Å². The van der Waals surface area contributed by atoms with Crippen molar-refractivity contribution in [3.05, 3.63) is 29.8 Å². The van der Waals surface area contributed by atoms with Crippen LogP contribution in [-0.4, -0.2) is 44.9 Å². The zero-order valence-electron chi connectivity index (χ0n) is 16.2. The number of nitrogens with one attached hydrogen (secondary N) is 2. The highest BCUT2D eigenvalue weighted by Crippen LogP contribution is 2.17. The van der Waals surface area contributed by atoms with Crippen LogP contribution in [0.3, 0.4) is 0 Å². The summed E-state index contributed by atoms with van der Waals surface area (Å²) in [5, 5.41) is 6.50. The van der Waals surface area contributed by atoms with E-state index in [4.69, 9.17) is 0 Å². The number of hydrogen-bond donors (Lipinski definition) is 2. The summed E-state index contributed by atoms with van der Waals surface area (Å²) in [6.45, 7) is 12.2. The minimum Gasteiger partial charge on any atom is -0.357 e. The number of hydrogen-bond acceptors (Lipinski definition) is 3. The maximum absolute atomic E-state index is 12.5. The molecule has 0 aliphatic heterocycles. The van der Waals surface area contributed by atoms with Gasteiger partial charge in [0.15, 0.2) is 5.96 Å². The van der Waals surface area contributed by atoms with Gasteiger partial charge < -0.3 is 10.6 Å². The second-order valence-corrected chi connectivity index (χ2v) is 8.73. The van der Waals surface area contributed by atoms with Crippen molar-refractivity contribution in [2.24, 2.45) is 10.9 Å². The van der Waals surface area contributed by atoms with E-state index >= 15 is 0 Å². The average Bonchev–Trinajstić information content (AvgIpc) is 2.56. The third-order valence-electron chi connectivity index (χ3n) is 3.77. The van der Waals surface area contributed by atoms with Crippen LogP contribution in [0.5, 0.6) is 0 Å². The van der Waals surface area contributed by atoms with E-state index < -0.39 is 10.0 Å². The summed E-state index contributed by atoms with van der Waals surface area (Å²) in [7, 11) is -1.84.